The molecular formula is C10H19NO2S. The molecule has 1 saturated heterocycles. The molecule has 0 spiro atoms. The van der Waals surface area contributed by atoms with Crippen LogP contribution in [0.3, 0.4) is 0 Å². The lowest BCUT2D eigenvalue weighted by Crippen LogP contribution is -2.42. The van der Waals surface area contributed by atoms with Crippen LogP contribution in [0.25, 0.3) is 0 Å². The molecule has 1 aliphatic heterocycles. The number of hydrogen-bond acceptors (Lipinski definition) is 3. The topological polar surface area (TPSA) is 49.3 Å². The maximum absolute atomic E-state index is 11.1. The van der Waals surface area contributed by atoms with Gasteiger partial charge in [-0.3, -0.25) is 4.21 Å². The minimum absolute atomic E-state index is 0.0411. The minimum atomic E-state index is -0.549. The van der Waals surface area contributed by atoms with Gasteiger partial charge in [0.1, 0.15) is 0 Å². The zero-order valence-electron chi connectivity index (χ0n) is 8.45. The Bertz CT molecular complexity index is 206. The smallest absolute Gasteiger partial charge is 0.0546 e. The summed E-state index contributed by atoms with van der Waals surface area (Å²) in [7, 11) is -0.549. The van der Waals surface area contributed by atoms with E-state index in [2.05, 4.69) is 5.32 Å². The van der Waals surface area contributed by atoms with Gasteiger partial charge in [0.15, 0.2) is 0 Å². The number of rotatable bonds is 3. The Morgan fingerprint density at radius 2 is 1.93 bits per heavy atom. The first-order valence-electron chi connectivity index (χ1n) is 5.50. The fourth-order valence-electron chi connectivity index (χ4n) is 2.20. The molecule has 0 atom stereocenters. The molecule has 2 N–H and O–H groups in total. The normalized spacial score (nSPS) is 43.2. The molecule has 0 aromatic heterocycles. The van der Waals surface area contributed by atoms with Crippen molar-refractivity contribution >= 4 is 10.8 Å². The Labute approximate surface area is 87.7 Å². The van der Waals surface area contributed by atoms with Crippen LogP contribution in [0.4, 0.5) is 0 Å². The highest BCUT2D eigenvalue weighted by Gasteiger charge is 2.27. The molecule has 2 rings (SSSR count). The van der Waals surface area contributed by atoms with E-state index in [4.69, 9.17) is 5.11 Å². The molecule has 4 heteroatoms. The predicted molar refractivity (Wildman–Crippen MR) is 57.6 cm³/mol. The predicted octanol–water partition coefficient (Wildman–Crippen LogP) is 0.258. The highest BCUT2D eigenvalue weighted by molar-refractivity contribution is 7.85. The van der Waals surface area contributed by atoms with Crippen molar-refractivity contribution in [1.82, 2.24) is 5.32 Å². The summed E-state index contributed by atoms with van der Waals surface area (Å²) in [4.78, 5) is 0. The van der Waals surface area contributed by atoms with Crippen LogP contribution in [0, 0.1) is 5.92 Å². The largest absolute Gasteiger partial charge is 0.393 e. The molecule has 2 fully saturated rings. The number of aliphatic hydroxyl groups excluding tert-OH is 1. The fraction of sp³-hybridized carbons (Fsp3) is 1.00. The monoisotopic (exact) mass is 217 g/mol. The zero-order chi connectivity index (χ0) is 9.97. The molecule has 82 valence electrons. The Morgan fingerprint density at radius 1 is 1.29 bits per heavy atom. The molecule has 1 saturated carbocycles. The summed E-state index contributed by atoms with van der Waals surface area (Å²) < 4.78 is 11.1. The highest BCUT2D eigenvalue weighted by Crippen LogP contribution is 2.26. The molecule has 0 aromatic rings. The van der Waals surface area contributed by atoms with Crippen molar-refractivity contribution in [3.8, 4) is 0 Å². The summed E-state index contributed by atoms with van der Waals surface area (Å²) in [6.07, 6.45) is 4.00. The van der Waals surface area contributed by atoms with E-state index in [0.29, 0.717) is 12.0 Å². The molecule has 0 unspecified atom stereocenters. The van der Waals surface area contributed by atoms with Gasteiger partial charge in [-0.1, -0.05) is 0 Å². The third-order valence-electron chi connectivity index (χ3n) is 3.29. The van der Waals surface area contributed by atoms with Gasteiger partial charge in [0.05, 0.1) is 6.10 Å². The first-order chi connectivity index (χ1) is 6.74. The molecular weight excluding hydrogens is 198 g/mol. The minimum Gasteiger partial charge on any atom is -0.393 e. The maximum Gasteiger partial charge on any atom is 0.0546 e. The number of hydrogen-bond donors (Lipinski definition) is 2. The fourth-order valence-corrected chi connectivity index (χ4v) is 3.50. The third kappa shape index (κ3) is 2.78. The summed E-state index contributed by atoms with van der Waals surface area (Å²) in [5, 5.41) is 12.6. The quantitative estimate of drug-likeness (QED) is 0.713. The van der Waals surface area contributed by atoms with Crippen LogP contribution in [-0.4, -0.2) is 39.5 Å². The molecule has 2 aliphatic rings. The van der Waals surface area contributed by atoms with Gasteiger partial charge >= 0.3 is 0 Å². The van der Waals surface area contributed by atoms with Gasteiger partial charge in [-0.15, -0.1) is 0 Å². The first kappa shape index (κ1) is 10.6. The van der Waals surface area contributed by atoms with Gasteiger partial charge < -0.3 is 10.4 Å². The molecule has 0 bridgehead atoms. The number of nitrogens with one attached hydrogen (secondary N) is 1. The van der Waals surface area contributed by atoms with Crippen molar-refractivity contribution in [2.75, 3.05) is 18.1 Å². The summed E-state index contributed by atoms with van der Waals surface area (Å²) in [5.41, 5.74) is 0. The molecule has 3 nitrogen and oxygen atoms in total. The lowest BCUT2D eigenvalue weighted by atomic mass is 9.82. The van der Waals surface area contributed by atoms with Crippen LogP contribution in [0.2, 0.25) is 0 Å². The third-order valence-corrected chi connectivity index (χ3v) is 4.68. The summed E-state index contributed by atoms with van der Waals surface area (Å²) in [5.74, 6) is 2.41. The van der Waals surface area contributed by atoms with Crippen molar-refractivity contribution in [3.05, 3.63) is 0 Å². The van der Waals surface area contributed by atoms with Crippen molar-refractivity contribution in [2.24, 2.45) is 5.92 Å². The van der Waals surface area contributed by atoms with Gasteiger partial charge in [0, 0.05) is 28.3 Å². The van der Waals surface area contributed by atoms with Crippen LogP contribution in [0.15, 0.2) is 0 Å². The highest BCUT2D eigenvalue weighted by atomic mass is 32.2. The average Bonchev–Trinajstić information content (AvgIpc) is 2.13. The average molecular weight is 217 g/mol. The Kier molecular flexibility index (Phi) is 3.57. The van der Waals surface area contributed by atoms with Crippen LogP contribution in [0.5, 0.6) is 0 Å². The van der Waals surface area contributed by atoms with Crippen molar-refractivity contribution in [2.45, 2.75) is 37.8 Å². The molecule has 0 radical (unpaired) electrons. The first-order valence-corrected chi connectivity index (χ1v) is 6.99. The van der Waals surface area contributed by atoms with Crippen molar-refractivity contribution in [1.29, 1.82) is 0 Å². The summed E-state index contributed by atoms with van der Waals surface area (Å²) in [6, 6.07) is 0.574. The van der Waals surface area contributed by atoms with Crippen LogP contribution in [-0.2, 0) is 10.8 Å². The van der Waals surface area contributed by atoms with E-state index >= 15 is 0 Å². The van der Waals surface area contributed by atoms with E-state index in [9.17, 15) is 4.21 Å². The Balaban J connectivity index is 1.59. The lowest BCUT2D eigenvalue weighted by molar-refractivity contribution is 0.0417. The van der Waals surface area contributed by atoms with Crippen LogP contribution >= 0.6 is 0 Å². The molecule has 0 aromatic carbocycles. The molecule has 14 heavy (non-hydrogen) atoms. The van der Waals surface area contributed by atoms with Crippen LogP contribution in [0.1, 0.15) is 25.7 Å². The van der Waals surface area contributed by atoms with Crippen LogP contribution < -0.4 is 5.32 Å². The Morgan fingerprint density at radius 3 is 2.50 bits per heavy atom. The van der Waals surface area contributed by atoms with Gasteiger partial charge in [-0.25, -0.2) is 0 Å². The van der Waals surface area contributed by atoms with Gasteiger partial charge in [-0.2, -0.15) is 0 Å². The van der Waals surface area contributed by atoms with Gasteiger partial charge in [-0.05, 0) is 38.1 Å². The lowest BCUT2D eigenvalue weighted by Gasteiger charge is -2.33. The summed E-state index contributed by atoms with van der Waals surface area (Å²) >= 11 is 0. The van der Waals surface area contributed by atoms with Crippen molar-refractivity contribution < 1.29 is 9.32 Å². The second-order valence-corrected chi connectivity index (χ2v) is 6.22. The molecule has 1 heterocycles. The van der Waals surface area contributed by atoms with Crippen molar-refractivity contribution in [3.63, 3.8) is 0 Å². The van der Waals surface area contributed by atoms with Gasteiger partial charge in [0.25, 0.3) is 0 Å². The molecule has 0 amide bonds. The van der Waals surface area contributed by atoms with E-state index in [1.54, 1.807) is 0 Å². The second kappa shape index (κ2) is 4.73. The van der Waals surface area contributed by atoms with E-state index < -0.39 is 10.8 Å². The van der Waals surface area contributed by atoms with E-state index in [-0.39, 0.29) is 6.10 Å². The standard InChI is InChI=1S/C10H19NO2S/c12-10-5-8(6-10)7-11-9-1-3-14(13)4-2-9/h8-12H,1-7H2. The van der Waals surface area contributed by atoms with E-state index in [1.165, 1.54) is 0 Å². The second-order valence-electron chi connectivity index (χ2n) is 4.52. The van der Waals surface area contributed by atoms with Gasteiger partial charge in [0.2, 0.25) is 0 Å². The summed E-state index contributed by atoms with van der Waals surface area (Å²) in [6.45, 7) is 1.04. The maximum atomic E-state index is 11.1. The van der Waals surface area contributed by atoms with E-state index in [0.717, 1.165) is 43.7 Å². The molecule has 1 aliphatic carbocycles. The number of aliphatic hydroxyl groups is 1. The zero-order valence-corrected chi connectivity index (χ0v) is 9.26. The SMILES string of the molecule is O=S1CCC(NCC2CC(O)C2)CC1. The Hall–Kier alpha value is 0.0700. The van der Waals surface area contributed by atoms with E-state index in [1.807, 2.05) is 0 Å².